The van der Waals surface area contributed by atoms with Gasteiger partial charge in [-0.05, 0) is 104 Å². The van der Waals surface area contributed by atoms with Gasteiger partial charge in [0.05, 0.1) is 22.2 Å². The van der Waals surface area contributed by atoms with Gasteiger partial charge in [-0.15, -0.1) is 0 Å². The number of halogens is 2. The van der Waals surface area contributed by atoms with Crippen LogP contribution in [0.5, 0.6) is 23.0 Å². The normalized spacial score (nSPS) is 10.9. The van der Waals surface area contributed by atoms with Crippen LogP contribution in [0, 0.1) is 13.8 Å². The Morgan fingerprint density at radius 2 is 0.816 bits per heavy atom. The maximum absolute atomic E-state index is 6.39. The van der Waals surface area contributed by atoms with Gasteiger partial charge in [0, 0.05) is 28.7 Å². The molecular weight excluding hydrogens is 740 g/mol. The molecule has 6 rings (SSSR count). The quantitative estimate of drug-likeness (QED) is 0.103. The predicted octanol–water partition coefficient (Wildman–Crippen LogP) is 12.2. The second-order valence-corrected chi connectivity index (χ2v) is 13.5. The van der Waals surface area contributed by atoms with Crippen molar-refractivity contribution in [2.24, 2.45) is 0 Å². The van der Waals surface area contributed by atoms with E-state index in [1.165, 1.54) is 0 Å². The highest BCUT2D eigenvalue weighted by Gasteiger charge is 2.18. The van der Waals surface area contributed by atoms with Crippen molar-refractivity contribution in [2.75, 3.05) is 13.2 Å². The van der Waals surface area contributed by atoms with Crippen molar-refractivity contribution < 1.29 is 18.9 Å². The fourth-order valence-electron chi connectivity index (χ4n) is 5.66. The highest BCUT2D eigenvalue weighted by Crippen LogP contribution is 2.43. The van der Waals surface area contributed by atoms with Crippen LogP contribution in [0.4, 0.5) is 0 Å². The van der Waals surface area contributed by atoms with E-state index in [0.29, 0.717) is 32.8 Å². The third-order valence-corrected chi connectivity index (χ3v) is 9.16. The first-order valence-electron chi connectivity index (χ1n) is 16.3. The zero-order valence-corrected chi connectivity index (χ0v) is 30.8. The first-order chi connectivity index (χ1) is 24.0. The number of benzene rings is 6. The average Bonchev–Trinajstić information content (AvgIpc) is 3.11. The Kier molecular flexibility index (Phi) is 11.7. The summed E-state index contributed by atoms with van der Waals surface area (Å²) in [6, 6.07) is 45.1. The minimum Gasteiger partial charge on any atom is -0.493 e. The maximum atomic E-state index is 6.39. The summed E-state index contributed by atoms with van der Waals surface area (Å²) >= 11 is 7.50. The van der Waals surface area contributed by atoms with Crippen LogP contribution in [0.25, 0.3) is 22.3 Å². The highest BCUT2D eigenvalue weighted by molar-refractivity contribution is 9.11. The Balaban J connectivity index is 1.14. The number of aryl methyl sites for hydroxylation is 2. The van der Waals surface area contributed by atoms with Gasteiger partial charge in [-0.1, -0.05) is 97.1 Å². The molecule has 0 N–H and O–H groups in total. The van der Waals surface area contributed by atoms with Crippen LogP contribution in [-0.2, 0) is 13.2 Å². The van der Waals surface area contributed by atoms with E-state index < -0.39 is 0 Å². The molecule has 6 aromatic carbocycles. The monoisotopic (exact) mass is 776 g/mol. The molecule has 0 amide bonds. The Morgan fingerprint density at radius 3 is 1.24 bits per heavy atom. The van der Waals surface area contributed by atoms with Crippen molar-refractivity contribution in [2.45, 2.75) is 33.5 Å². The van der Waals surface area contributed by atoms with Gasteiger partial charge in [0.1, 0.15) is 36.2 Å². The molecule has 0 unspecified atom stereocenters. The molecule has 0 saturated carbocycles. The van der Waals surface area contributed by atoms with Gasteiger partial charge < -0.3 is 18.9 Å². The smallest absolute Gasteiger partial charge is 0.141 e. The molecule has 0 atom stereocenters. The summed E-state index contributed by atoms with van der Waals surface area (Å²) in [5.41, 5.74) is 8.41. The van der Waals surface area contributed by atoms with Crippen LogP contribution in [0.3, 0.4) is 0 Å². The number of rotatable bonds is 14. The Bertz CT molecular complexity index is 1850. The minimum absolute atomic E-state index is 0.470. The van der Waals surface area contributed by atoms with Crippen LogP contribution < -0.4 is 18.9 Å². The number of hydrogen-bond acceptors (Lipinski definition) is 4. The molecule has 6 aromatic rings. The maximum Gasteiger partial charge on any atom is 0.141 e. The third kappa shape index (κ3) is 8.94. The summed E-state index contributed by atoms with van der Waals surface area (Å²) in [6.45, 7) is 6.10. The lowest BCUT2D eigenvalue weighted by Crippen LogP contribution is -2.07. The molecule has 0 aromatic heterocycles. The van der Waals surface area contributed by atoms with Gasteiger partial charge in [0.25, 0.3) is 0 Å². The average molecular weight is 779 g/mol. The molecule has 49 heavy (non-hydrogen) atoms. The summed E-state index contributed by atoms with van der Waals surface area (Å²) in [4.78, 5) is 0. The van der Waals surface area contributed by atoms with Crippen molar-refractivity contribution >= 4 is 31.9 Å². The molecule has 0 spiro atoms. The van der Waals surface area contributed by atoms with E-state index in [0.717, 1.165) is 76.5 Å². The molecule has 0 radical (unpaired) electrons. The van der Waals surface area contributed by atoms with Crippen LogP contribution in [0.1, 0.15) is 28.7 Å². The zero-order chi connectivity index (χ0) is 34.0. The van der Waals surface area contributed by atoms with Crippen LogP contribution in [-0.4, -0.2) is 13.2 Å². The minimum atomic E-state index is 0.470. The summed E-state index contributed by atoms with van der Waals surface area (Å²) in [6.07, 6.45) is 0.701. The molecule has 0 aliphatic heterocycles. The van der Waals surface area contributed by atoms with Crippen molar-refractivity contribution in [1.82, 2.24) is 0 Å². The Labute approximate surface area is 305 Å². The van der Waals surface area contributed by atoms with Gasteiger partial charge >= 0.3 is 0 Å². The molecule has 0 saturated heterocycles. The summed E-state index contributed by atoms with van der Waals surface area (Å²) in [5, 5.41) is 0. The standard InChI is InChI=1S/C43H38Br2O4/c1-30-24-36(42(38(44)26-30)48-28-32-14-5-3-6-15-32)34-18-9-11-20-40(34)46-22-13-23-47-41-21-12-10-19-35(41)37-25-31(2)27-39(45)43(37)49-29-33-16-7-4-8-17-33/h3-12,14-21,24-27H,13,22-23,28-29H2,1-2H3. The van der Waals surface area contributed by atoms with E-state index in [9.17, 15) is 0 Å². The van der Waals surface area contributed by atoms with Crippen LogP contribution in [0.2, 0.25) is 0 Å². The molecule has 0 aliphatic rings. The molecule has 248 valence electrons. The van der Waals surface area contributed by atoms with E-state index in [-0.39, 0.29) is 0 Å². The summed E-state index contributed by atoms with van der Waals surface area (Å²) in [7, 11) is 0. The van der Waals surface area contributed by atoms with Crippen molar-refractivity contribution in [3.8, 4) is 45.3 Å². The topological polar surface area (TPSA) is 36.9 Å². The summed E-state index contributed by atoms with van der Waals surface area (Å²) in [5.74, 6) is 3.19. The van der Waals surface area contributed by atoms with E-state index in [1.54, 1.807) is 0 Å². The van der Waals surface area contributed by atoms with Gasteiger partial charge in [0.2, 0.25) is 0 Å². The van der Waals surface area contributed by atoms with Gasteiger partial charge in [-0.25, -0.2) is 0 Å². The van der Waals surface area contributed by atoms with Gasteiger partial charge in [0.15, 0.2) is 0 Å². The molecule has 0 bridgehead atoms. The predicted molar refractivity (Wildman–Crippen MR) is 206 cm³/mol. The fourth-order valence-corrected chi connectivity index (χ4v) is 7.04. The molecular formula is C43H38Br2O4. The Morgan fingerprint density at radius 1 is 0.429 bits per heavy atom. The van der Waals surface area contributed by atoms with E-state index in [4.69, 9.17) is 18.9 Å². The van der Waals surface area contributed by atoms with Crippen molar-refractivity contribution in [1.29, 1.82) is 0 Å². The van der Waals surface area contributed by atoms with E-state index >= 15 is 0 Å². The lowest BCUT2D eigenvalue weighted by Gasteiger charge is -2.18. The van der Waals surface area contributed by atoms with Crippen LogP contribution >= 0.6 is 31.9 Å². The van der Waals surface area contributed by atoms with Crippen molar-refractivity contribution in [3.63, 3.8) is 0 Å². The molecule has 0 fully saturated rings. The first-order valence-corrected chi connectivity index (χ1v) is 17.9. The molecule has 6 heteroatoms. The number of ether oxygens (including phenoxy) is 4. The first kappa shape index (κ1) is 34.3. The fraction of sp³-hybridized carbons (Fsp3) is 0.163. The second-order valence-electron chi connectivity index (χ2n) is 11.8. The lowest BCUT2D eigenvalue weighted by atomic mass is 10.0. The molecule has 0 heterocycles. The summed E-state index contributed by atoms with van der Waals surface area (Å²) < 4.78 is 27.4. The highest BCUT2D eigenvalue weighted by atomic mass is 79.9. The molecule has 4 nitrogen and oxygen atoms in total. The van der Waals surface area contributed by atoms with Gasteiger partial charge in [-0.2, -0.15) is 0 Å². The van der Waals surface area contributed by atoms with E-state index in [2.05, 4.69) is 106 Å². The lowest BCUT2D eigenvalue weighted by molar-refractivity contribution is 0.248. The second kappa shape index (κ2) is 16.7. The van der Waals surface area contributed by atoms with Crippen molar-refractivity contribution in [3.05, 3.63) is 165 Å². The molecule has 0 aliphatic carbocycles. The number of para-hydroxylation sites is 2. The Hall–Kier alpha value is -4.52. The largest absolute Gasteiger partial charge is 0.493 e. The van der Waals surface area contributed by atoms with Gasteiger partial charge in [-0.3, -0.25) is 0 Å². The zero-order valence-electron chi connectivity index (χ0n) is 27.6. The van der Waals surface area contributed by atoms with Crippen LogP contribution in [0.15, 0.2) is 142 Å². The van der Waals surface area contributed by atoms with E-state index in [1.807, 2.05) is 72.8 Å². The SMILES string of the molecule is Cc1cc(Br)c(OCc2ccccc2)c(-c2ccccc2OCCCOc2ccccc2-c2cc(C)cc(Br)c2OCc2ccccc2)c1. The third-order valence-electron chi connectivity index (χ3n) is 7.99. The number of hydrogen-bond donors (Lipinski definition) is 0.